The normalized spacial score (nSPS) is 10.2. The molecule has 2 amide bonds. The maximum atomic E-state index is 11.9. The van der Waals surface area contributed by atoms with Crippen LogP contribution in [0, 0.1) is 0 Å². The number of ether oxygens (including phenoxy) is 2. The molecule has 134 valence electrons. The van der Waals surface area contributed by atoms with Crippen molar-refractivity contribution in [2.24, 2.45) is 0 Å². The van der Waals surface area contributed by atoms with Gasteiger partial charge in [-0.15, -0.1) is 0 Å². The summed E-state index contributed by atoms with van der Waals surface area (Å²) in [6, 6.07) is 10.5. The molecule has 0 aliphatic heterocycles. The second-order valence-corrected chi connectivity index (χ2v) is 6.19. The van der Waals surface area contributed by atoms with Gasteiger partial charge in [0.1, 0.15) is 11.5 Å². The topological polar surface area (TPSA) is 59.6 Å². The number of hydrogen-bond acceptors (Lipinski definition) is 3. The van der Waals surface area contributed by atoms with Crippen LogP contribution in [0.25, 0.3) is 0 Å². The van der Waals surface area contributed by atoms with Gasteiger partial charge in [-0.05, 0) is 42.3 Å². The van der Waals surface area contributed by atoms with Crippen molar-refractivity contribution in [3.8, 4) is 11.5 Å². The molecule has 0 aromatic heterocycles. The van der Waals surface area contributed by atoms with E-state index in [1.54, 1.807) is 26.4 Å². The first kappa shape index (κ1) is 19.2. The summed E-state index contributed by atoms with van der Waals surface area (Å²) in [4.78, 5) is 11.9. The quantitative estimate of drug-likeness (QED) is 0.758. The number of carbonyl (C=O) groups excluding carboxylic acids is 1. The molecule has 0 unspecified atom stereocenters. The van der Waals surface area contributed by atoms with Crippen LogP contribution in [0.5, 0.6) is 11.5 Å². The summed E-state index contributed by atoms with van der Waals surface area (Å²) in [5, 5.41) is 6.76. The average Bonchev–Trinajstić information content (AvgIpc) is 2.59. The third-order valence-electron chi connectivity index (χ3n) is 3.56. The predicted octanol–water partition coefficient (Wildman–Crippen LogP) is 4.05. The van der Waals surface area contributed by atoms with E-state index in [-0.39, 0.29) is 6.03 Å². The van der Waals surface area contributed by atoms with E-state index in [1.165, 1.54) is 0 Å². The van der Waals surface area contributed by atoms with Crippen molar-refractivity contribution in [3.05, 3.63) is 57.6 Å². The van der Waals surface area contributed by atoms with Gasteiger partial charge in [0.05, 0.1) is 14.2 Å². The van der Waals surface area contributed by atoms with E-state index in [0.717, 1.165) is 11.1 Å². The molecule has 0 bridgehead atoms. The second kappa shape index (κ2) is 9.39. The Kier molecular flexibility index (Phi) is 7.22. The molecule has 25 heavy (non-hydrogen) atoms. The molecule has 0 fully saturated rings. The van der Waals surface area contributed by atoms with E-state index in [4.69, 9.17) is 32.7 Å². The van der Waals surface area contributed by atoms with E-state index in [0.29, 0.717) is 41.1 Å². The van der Waals surface area contributed by atoms with Gasteiger partial charge in [0.2, 0.25) is 0 Å². The maximum absolute atomic E-state index is 11.9. The number of rotatable bonds is 7. The first-order valence-corrected chi connectivity index (χ1v) is 8.45. The van der Waals surface area contributed by atoms with E-state index in [9.17, 15) is 4.79 Å². The average molecular weight is 383 g/mol. The minimum absolute atomic E-state index is 0.258. The first-order chi connectivity index (χ1) is 12.0. The highest BCUT2D eigenvalue weighted by Crippen LogP contribution is 2.24. The number of hydrogen-bond donors (Lipinski definition) is 2. The molecule has 2 aromatic carbocycles. The lowest BCUT2D eigenvalue weighted by molar-refractivity contribution is 0.240. The van der Waals surface area contributed by atoms with Crippen molar-refractivity contribution in [1.29, 1.82) is 0 Å². The Hall–Kier alpha value is -2.11. The highest BCUT2D eigenvalue weighted by molar-refractivity contribution is 6.34. The highest BCUT2D eigenvalue weighted by atomic mass is 35.5. The lowest BCUT2D eigenvalue weighted by Crippen LogP contribution is -2.36. The zero-order chi connectivity index (χ0) is 18.2. The number of nitrogens with one attached hydrogen (secondary N) is 2. The van der Waals surface area contributed by atoms with E-state index >= 15 is 0 Å². The Morgan fingerprint density at radius 3 is 2.36 bits per heavy atom. The summed E-state index contributed by atoms with van der Waals surface area (Å²) < 4.78 is 10.5. The molecule has 2 aromatic rings. The van der Waals surface area contributed by atoms with Crippen LogP contribution in [-0.4, -0.2) is 26.8 Å². The summed E-state index contributed by atoms with van der Waals surface area (Å²) in [5.74, 6) is 1.36. The minimum atomic E-state index is -0.258. The molecule has 0 heterocycles. The molecule has 2 N–H and O–H groups in total. The van der Waals surface area contributed by atoms with Crippen molar-refractivity contribution in [2.45, 2.75) is 13.0 Å². The fourth-order valence-electron chi connectivity index (χ4n) is 2.31. The van der Waals surface area contributed by atoms with Crippen molar-refractivity contribution >= 4 is 29.2 Å². The Morgan fingerprint density at radius 2 is 1.72 bits per heavy atom. The molecule has 0 aliphatic carbocycles. The van der Waals surface area contributed by atoms with Crippen LogP contribution in [0.2, 0.25) is 10.0 Å². The molecule has 0 saturated carbocycles. The summed E-state index contributed by atoms with van der Waals surface area (Å²) in [6.45, 7) is 0.824. The van der Waals surface area contributed by atoms with Gasteiger partial charge in [0.15, 0.2) is 0 Å². The van der Waals surface area contributed by atoms with Crippen LogP contribution in [0.3, 0.4) is 0 Å². The summed E-state index contributed by atoms with van der Waals surface area (Å²) in [7, 11) is 3.17. The molecular formula is C18H20Cl2N2O3. The van der Waals surface area contributed by atoms with Crippen LogP contribution in [0.4, 0.5) is 4.79 Å². The molecule has 0 atom stereocenters. The monoisotopic (exact) mass is 382 g/mol. The van der Waals surface area contributed by atoms with Gasteiger partial charge in [0, 0.05) is 34.8 Å². The Labute approximate surface area is 157 Å². The van der Waals surface area contributed by atoms with Gasteiger partial charge in [-0.1, -0.05) is 23.2 Å². The summed E-state index contributed by atoms with van der Waals surface area (Å²) >= 11 is 11.9. The fourth-order valence-corrected chi connectivity index (χ4v) is 2.88. The van der Waals surface area contributed by atoms with Gasteiger partial charge in [-0.2, -0.15) is 0 Å². The lowest BCUT2D eigenvalue weighted by Gasteiger charge is -2.12. The lowest BCUT2D eigenvalue weighted by atomic mass is 10.1. The largest absolute Gasteiger partial charge is 0.497 e. The van der Waals surface area contributed by atoms with Crippen molar-refractivity contribution < 1.29 is 14.3 Å². The van der Waals surface area contributed by atoms with Crippen LogP contribution < -0.4 is 20.1 Å². The fraction of sp³-hybridized carbons (Fsp3) is 0.278. The molecule has 2 rings (SSSR count). The Bertz CT molecular complexity index is 718. The third kappa shape index (κ3) is 6.03. The van der Waals surface area contributed by atoms with Gasteiger partial charge in [-0.3, -0.25) is 0 Å². The van der Waals surface area contributed by atoms with Gasteiger partial charge < -0.3 is 20.1 Å². The molecule has 0 radical (unpaired) electrons. The molecule has 7 heteroatoms. The molecule has 5 nitrogen and oxygen atoms in total. The molecular weight excluding hydrogens is 363 g/mol. The van der Waals surface area contributed by atoms with Crippen molar-refractivity contribution in [1.82, 2.24) is 10.6 Å². The smallest absolute Gasteiger partial charge is 0.315 e. The number of halogens is 2. The highest BCUT2D eigenvalue weighted by Gasteiger charge is 2.07. The van der Waals surface area contributed by atoms with E-state index < -0.39 is 0 Å². The number of amides is 2. The molecule has 0 aliphatic rings. The molecule has 0 saturated heterocycles. The zero-order valence-electron chi connectivity index (χ0n) is 14.1. The zero-order valence-corrected chi connectivity index (χ0v) is 15.6. The minimum Gasteiger partial charge on any atom is -0.497 e. The van der Waals surface area contributed by atoms with E-state index in [1.807, 2.05) is 24.3 Å². The van der Waals surface area contributed by atoms with Gasteiger partial charge in [-0.25, -0.2) is 4.79 Å². The maximum Gasteiger partial charge on any atom is 0.315 e. The standard InChI is InChI=1S/C18H20Cl2N2O3/c1-24-16-4-3-13(17(10-16)25-2)11-22-18(23)21-6-5-12-7-14(19)9-15(20)8-12/h3-4,7-10H,5-6,11H2,1-2H3,(H2,21,22,23). The summed E-state index contributed by atoms with van der Waals surface area (Å²) in [6.07, 6.45) is 0.638. The van der Waals surface area contributed by atoms with Crippen LogP contribution in [0.15, 0.2) is 36.4 Å². The Balaban J connectivity index is 1.81. The summed E-state index contributed by atoms with van der Waals surface area (Å²) in [5.41, 5.74) is 1.83. The van der Waals surface area contributed by atoms with Gasteiger partial charge in [0.25, 0.3) is 0 Å². The second-order valence-electron chi connectivity index (χ2n) is 5.31. The van der Waals surface area contributed by atoms with Gasteiger partial charge >= 0.3 is 6.03 Å². The van der Waals surface area contributed by atoms with Crippen LogP contribution in [-0.2, 0) is 13.0 Å². The van der Waals surface area contributed by atoms with Crippen LogP contribution in [0.1, 0.15) is 11.1 Å². The Morgan fingerprint density at radius 1 is 1.00 bits per heavy atom. The number of methoxy groups -OCH3 is 2. The number of carbonyl (C=O) groups is 1. The number of benzene rings is 2. The first-order valence-electron chi connectivity index (χ1n) is 7.69. The van der Waals surface area contributed by atoms with Crippen molar-refractivity contribution in [3.63, 3.8) is 0 Å². The third-order valence-corrected chi connectivity index (χ3v) is 3.99. The van der Waals surface area contributed by atoms with Crippen LogP contribution >= 0.6 is 23.2 Å². The molecule has 0 spiro atoms. The van der Waals surface area contributed by atoms with E-state index in [2.05, 4.69) is 10.6 Å². The van der Waals surface area contributed by atoms with Crippen molar-refractivity contribution in [2.75, 3.05) is 20.8 Å². The predicted molar refractivity (Wildman–Crippen MR) is 100.0 cm³/mol. The SMILES string of the molecule is COc1ccc(CNC(=O)NCCc2cc(Cl)cc(Cl)c2)c(OC)c1. The number of urea groups is 1.